The van der Waals surface area contributed by atoms with Gasteiger partial charge in [0.2, 0.25) is 0 Å². The van der Waals surface area contributed by atoms with E-state index < -0.39 is 29.5 Å². The van der Waals surface area contributed by atoms with Crippen molar-refractivity contribution in [2.24, 2.45) is 0 Å². The van der Waals surface area contributed by atoms with Crippen LogP contribution >= 0.6 is 11.3 Å². The molecular formula is C23H19F3N2O5S. The van der Waals surface area contributed by atoms with Gasteiger partial charge in [0, 0.05) is 11.3 Å². The number of nitrogens with one attached hydrogen (secondary N) is 2. The molecule has 7 nitrogen and oxygen atoms in total. The van der Waals surface area contributed by atoms with Gasteiger partial charge in [-0.15, -0.1) is 11.3 Å². The highest BCUT2D eigenvalue weighted by Crippen LogP contribution is 2.35. The molecule has 0 spiro atoms. The summed E-state index contributed by atoms with van der Waals surface area (Å²) < 4.78 is 48.8. The van der Waals surface area contributed by atoms with E-state index in [1.165, 1.54) is 38.3 Å². The van der Waals surface area contributed by atoms with Gasteiger partial charge in [-0.3, -0.25) is 9.59 Å². The monoisotopic (exact) mass is 492 g/mol. The molecule has 0 aliphatic carbocycles. The number of rotatable bonds is 6. The molecule has 0 bridgehead atoms. The summed E-state index contributed by atoms with van der Waals surface area (Å²) in [6.07, 6.45) is -4.57. The van der Waals surface area contributed by atoms with E-state index in [0.717, 1.165) is 30.6 Å². The third-order valence-corrected chi connectivity index (χ3v) is 5.96. The predicted molar refractivity (Wildman–Crippen MR) is 121 cm³/mol. The van der Waals surface area contributed by atoms with Crippen LogP contribution in [0.4, 0.5) is 23.9 Å². The molecule has 0 aliphatic heterocycles. The van der Waals surface area contributed by atoms with Crippen LogP contribution in [0.2, 0.25) is 0 Å². The molecule has 0 atom stereocenters. The lowest BCUT2D eigenvalue weighted by Gasteiger charge is -2.09. The molecule has 34 heavy (non-hydrogen) atoms. The zero-order chi connectivity index (χ0) is 25.0. The fourth-order valence-electron chi connectivity index (χ4n) is 3.07. The first-order valence-corrected chi connectivity index (χ1v) is 10.5. The lowest BCUT2D eigenvalue weighted by atomic mass is 10.1. The Hall–Kier alpha value is -3.86. The average Bonchev–Trinajstić information content (AvgIpc) is 3.13. The lowest BCUT2D eigenvalue weighted by Crippen LogP contribution is -2.14. The summed E-state index contributed by atoms with van der Waals surface area (Å²) in [6, 6.07) is 10.5. The zero-order valence-corrected chi connectivity index (χ0v) is 19.0. The molecule has 2 aromatic carbocycles. The van der Waals surface area contributed by atoms with Crippen LogP contribution < -0.4 is 15.4 Å². The Balaban J connectivity index is 1.93. The van der Waals surface area contributed by atoms with Gasteiger partial charge in [-0.1, -0.05) is 12.1 Å². The molecule has 0 saturated heterocycles. The first-order valence-electron chi connectivity index (χ1n) is 9.71. The number of hydrogen-bond acceptors (Lipinski definition) is 6. The third kappa shape index (κ3) is 5.37. The van der Waals surface area contributed by atoms with Gasteiger partial charge < -0.3 is 20.1 Å². The van der Waals surface area contributed by atoms with Gasteiger partial charge in [0.25, 0.3) is 11.8 Å². The molecule has 0 saturated carbocycles. The number of esters is 1. The van der Waals surface area contributed by atoms with Gasteiger partial charge >= 0.3 is 12.1 Å². The maximum Gasteiger partial charge on any atom is 0.416 e. The van der Waals surface area contributed by atoms with Gasteiger partial charge in [-0.05, 0) is 48.9 Å². The molecule has 11 heteroatoms. The highest BCUT2D eigenvalue weighted by Gasteiger charge is 2.31. The SMILES string of the molecule is COC(=O)c1c(NC(=O)c2cccc(OC)c2)sc(C(=O)Nc2cccc(C(F)(F)F)c2)c1C. The Labute approximate surface area is 196 Å². The molecule has 178 valence electrons. The fourth-order valence-corrected chi connectivity index (χ4v) is 4.15. The minimum atomic E-state index is -4.57. The van der Waals surface area contributed by atoms with Crippen LogP contribution in [0.1, 0.15) is 41.5 Å². The number of alkyl halides is 3. The third-order valence-electron chi connectivity index (χ3n) is 4.75. The summed E-state index contributed by atoms with van der Waals surface area (Å²) in [7, 11) is 2.60. The van der Waals surface area contributed by atoms with Gasteiger partial charge in [0.15, 0.2) is 0 Å². The second kappa shape index (κ2) is 9.96. The minimum absolute atomic E-state index is 0.0266. The van der Waals surface area contributed by atoms with E-state index in [1.54, 1.807) is 12.1 Å². The summed E-state index contributed by atoms with van der Waals surface area (Å²) in [5, 5.41) is 5.06. The molecule has 3 rings (SSSR count). The van der Waals surface area contributed by atoms with E-state index in [0.29, 0.717) is 5.75 Å². The molecule has 3 aromatic rings. The van der Waals surface area contributed by atoms with E-state index in [4.69, 9.17) is 9.47 Å². The van der Waals surface area contributed by atoms with Gasteiger partial charge in [-0.25, -0.2) is 4.79 Å². The first kappa shape index (κ1) is 24.8. The van der Waals surface area contributed by atoms with Crippen LogP contribution in [0.5, 0.6) is 5.75 Å². The van der Waals surface area contributed by atoms with Crippen molar-refractivity contribution in [3.05, 3.63) is 75.7 Å². The van der Waals surface area contributed by atoms with Crippen molar-refractivity contribution in [1.82, 2.24) is 0 Å². The Morgan fingerprint density at radius 3 is 2.29 bits per heavy atom. The molecule has 2 amide bonds. The zero-order valence-electron chi connectivity index (χ0n) is 18.2. The predicted octanol–water partition coefficient (Wildman–Crippen LogP) is 5.38. The number of carbonyl (C=O) groups excluding carboxylic acids is 3. The van der Waals surface area contributed by atoms with Crippen LogP contribution in [0.25, 0.3) is 0 Å². The smallest absolute Gasteiger partial charge is 0.416 e. The van der Waals surface area contributed by atoms with Crippen molar-refractivity contribution in [3.63, 3.8) is 0 Å². The number of anilines is 2. The maximum absolute atomic E-state index is 13.0. The number of thiophene rings is 1. The molecule has 1 heterocycles. The Kier molecular flexibility index (Phi) is 7.26. The van der Waals surface area contributed by atoms with Crippen LogP contribution in [0, 0.1) is 6.92 Å². The number of benzene rings is 2. The number of ether oxygens (including phenoxy) is 2. The van der Waals surface area contributed by atoms with Crippen molar-refractivity contribution in [2.75, 3.05) is 24.9 Å². The summed E-state index contributed by atoms with van der Waals surface area (Å²) >= 11 is 0.802. The Morgan fingerprint density at radius 2 is 1.65 bits per heavy atom. The normalized spacial score (nSPS) is 11.0. The highest BCUT2D eigenvalue weighted by atomic mass is 32.1. The standard InChI is InChI=1S/C23H19F3N2O5S/c1-12-17(22(31)33-3)21(28-19(29)13-6-4-9-16(10-13)32-2)34-18(12)20(30)27-15-8-5-7-14(11-15)23(24,25)26/h4-11H,1-3H3,(H,27,30)(H,28,29). The molecule has 2 N–H and O–H groups in total. The van der Waals surface area contributed by atoms with Crippen molar-refractivity contribution < 1.29 is 37.0 Å². The molecule has 1 aromatic heterocycles. The van der Waals surface area contributed by atoms with Crippen molar-refractivity contribution in [1.29, 1.82) is 0 Å². The average molecular weight is 492 g/mol. The lowest BCUT2D eigenvalue weighted by molar-refractivity contribution is -0.137. The summed E-state index contributed by atoms with van der Waals surface area (Å²) in [5.41, 5.74) is -0.569. The van der Waals surface area contributed by atoms with Gasteiger partial charge in [-0.2, -0.15) is 13.2 Å². The van der Waals surface area contributed by atoms with Crippen molar-refractivity contribution in [2.45, 2.75) is 13.1 Å². The van der Waals surface area contributed by atoms with E-state index in [2.05, 4.69) is 10.6 Å². The summed E-state index contributed by atoms with van der Waals surface area (Å²) in [5.74, 6) is -1.64. The molecule has 0 unspecified atom stereocenters. The fraction of sp³-hybridized carbons (Fsp3) is 0.174. The number of methoxy groups -OCH3 is 2. The molecule has 0 radical (unpaired) electrons. The Morgan fingerprint density at radius 1 is 0.941 bits per heavy atom. The summed E-state index contributed by atoms with van der Waals surface area (Å²) in [4.78, 5) is 38.0. The second-order valence-corrected chi connectivity index (χ2v) is 7.99. The number of hydrogen-bond donors (Lipinski definition) is 2. The van der Waals surface area contributed by atoms with Crippen molar-refractivity contribution in [3.8, 4) is 5.75 Å². The maximum atomic E-state index is 13.0. The van der Waals surface area contributed by atoms with Crippen LogP contribution in [0.15, 0.2) is 48.5 Å². The van der Waals surface area contributed by atoms with E-state index in [9.17, 15) is 27.6 Å². The van der Waals surface area contributed by atoms with Gasteiger partial charge in [0.05, 0.1) is 30.2 Å². The minimum Gasteiger partial charge on any atom is -0.497 e. The van der Waals surface area contributed by atoms with Crippen LogP contribution in [0.3, 0.4) is 0 Å². The number of amides is 2. The number of halogens is 3. The quantitative estimate of drug-likeness (QED) is 0.451. The topological polar surface area (TPSA) is 93.7 Å². The Bertz CT molecular complexity index is 1250. The van der Waals surface area contributed by atoms with E-state index in [-0.39, 0.29) is 32.3 Å². The van der Waals surface area contributed by atoms with Gasteiger partial charge in [0.1, 0.15) is 10.8 Å². The largest absolute Gasteiger partial charge is 0.497 e. The van der Waals surface area contributed by atoms with Crippen molar-refractivity contribution >= 4 is 39.8 Å². The molecular weight excluding hydrogens is 473 g/mol. The highest BCUT2D eigenvalue weighted by molar-refractivity contribution is 7.19. The van der Waals surface area contributed by atoms with E-state index >= 15 is 0 Å². The number of carbonyl (C=O) groups is 3. The second-order valence-electron chi connectivity index (χ2n) is 6.97. The van der Waals surface area contributed by atoms with Crippen LogP contribution in [-0.2, 0) is 10.9 Å². The van der Waals surface area contributed by atoms with Crippen LogP contribution in [-0.4, -0.2) is 32.0 Å². The van der Waals surface area contributed by atoms with E-state index in [1.807, 2.05) is 0 Å². The molecule has 0 fully saturated rings. The first-order chi connectivity index (χ1) is 16.0. The molecule has 0 aliphatic rings. The summed E-state index contributed by atoms with van der Waals surface area (Å²) in [6.45, 7) is 1.48.